The van der Waals surface area contributed by atoms with E-state index in [0.717, 1.165) is 23.5 Å². The Morgan fingerprint density at radius 2 is 2.00 bits per heavy atom. The van der Waals surface area contributed by atoms with Crippen molar-refractivity contribution in [1.29, 1.82) is 0 Å². The molecule has 0 aliphatic heterocycles. The average molecular weight is 243 g/mol. The molecule has 2 N–H and O–H groups in total. The predicted molar refractivity (Wildman–Crippen MR) is 76.4 cm³/mol. The molecule has 2 rings (SSSR count). The number of nitrogens with two attached hydrogens (primary N) is 1. The third-order valence-corrected chi connectivity index (χ3v) is 3.09. The van der Waals surface area contributed by atoms with E-state index in [2.05, 4.69) is 43.5 Å². The summed E-state index contributed by atoms with van der Waals surface area (Å²) in [6.07, 6.45) is 0. The number of hydrogen-bond acceptors (Lipinski definition) is 2. The van der Waals surface area contributed by atoms with E-state index in [-0.39, 0.29) is 0 Å². The van der Waals surface area contributed by atoms with E-state index in [9.17, 15) is 0 Å². The molecule has 0 unspecified atom stereocenters. The molecule has 3 heteroatoms. The van der Waals surface area contributed by atoms with Crippen LogP contribution in [-0.4, -0.2) is 9.78 Å². The summed E-state index contributed by atoms with van der Waals surface area (Å²) in [4.78, 5) is 0. The summed E-state index contributed by atoms with van der Waals surface area (Å²) in [7, 11) is 0. The van der Waals surface area contributed by atoms with Crippen LogP contribution >= 0.6 is 0 Å². The molecule has 1 aromatic carbocycles. The summed E-state index contributed by atoms with van der Waals surface area (Å²) in [6, 6.07) is 8.00. The number of hydrogen-bond donors (Lipinski definition) is 1. The van der Waals surface area contributed by atoms with Crippen LogP contribution in [0.15, 0.2) is 24.3 Å². The van der Waals surface area contributed by atoms with Crippen LogP contribution < -0.4 is 5.73 Å². The van der Waals surface area contributed by atoms with Crippen LogP contribution in [0.2, 0.25) is 0 Å². The monoisotopic (exact) mass is 243 g/mol. The van der Waals surface area contributed by atoms with Gasteiger partial charge in [0, 0.05) is 23.5 Å². The van der Waals surface area contributed by atoms with E-state index < -0.39 is 0 Å². The summed E-state index contributed by atoms with van der Waals surface area (Å²) in [5, 5.41) is 4.63. The Morgan fingerprint density at radius 1 is 1.28 bits per heavy atom. The summed E-state index contributed by atoms with van der Waals surface area (Å²) in [5.74, 6) is 0.594. The van der Waals surface area contributed by atoms with Crippen LogP contribution in [0, 0.1) is 19.8 Å². The average Bonchev–Trinajstić information content (AvgIpc) is 2.53. The zero-order valence-corrected chi connectivity index (χ0v) is 11.6. The number of aromatic nitrogens is 2. The molecule has 0 amide bonds. The van der Waals surface area contributed by atoms with Gasteiger partial charge >= 0.3 is 0 Å². The molecule has 2 aromatic rings. The maximum absolute atomic E-state index is 5.86. The number of rotatable bonds is 3. The van der Waals surface area contributed by atoms with Gasteiger partial charge in [0.05, 0.1) is 5.69 Å². The van der Waals surface area contributed by atoms with Crippen LogP contribution in [0.4, 0.5) is 5.69 Å². The standard InChI is InChI=1S/C15H21N3/c1-10(2)9-18-12(4)15(11(3)17-18)13-6-5-7-14(16)8-13/h5-8,10H,9,16H2,1-4H3. The number of benzene rings is 1. The van der Waals surface area contributed by atoms with E-state index in [4.69, 9.17) is 5.73 Å². The lowest BCUT2D eigenvalue weighted by molar-refractivity contribution is 0.473. The smallest absolute Gasteiger partial charge is 0.0674 e. The number of nitrogen functional groups attached to an aromatic ring is 1. The third-order valence-electron chi connectivity index (χ3n) is 3.09. The highest BCUT2D eigenvalue weighted by molar-refractivity contribution is 5.71. The first-order valence-electron chi connectivity index (χ1n) is 6.39. The second-order valence-corrected chi connectivity index (χ2v) is 5.25. The summed E-state index contributed by atoms with van der Waals surface area (Å²) >= 11 is 0. The van der Waals surface area contributed by atoms with E-state index in [0.29, 0.717) is 5.92 Å². The van der Waals surface area contributed by atoms with Gasteiger partial charge in [-0.05, 0) is 37.5 Å². The van der Waals surface area contributed by atoms with Crippen molar-refractivity contribution in [2.75, 3.05) is 5.73 Å². The molecule has 1 heterocycles. The largest absolute Gasteiger partial charge is 0.399 e. The van der Waals surface area contributed by atoms with Crippen molar-refractivity contribution in [3.05, 3.63) is 35.7 Å². The van der Waals surface area contributed by atoms with Crippen LogP contribution in [0.25, 0.3) is 11.1 Å². The lowest BCUT2D eigenvalue weighted by Crippen LogP contribution is -2.07. The van der Waals surface area contributed by atoms with Gasteiger partial charge in [-0.25, -0.2) is 0 Å². The minimum atomic E-state index is 0.594. The number of nitrogens with zero attached hydrogens (tertiary/aromatic N) is 2. The second kappa shape index (κ2) is 4.84. The lowest BCUT2D eigenvalue weighted by atomic mass is 10.0. The van der Waals surface area contributed by atoms with Crippen molar-refractivity contribution >= 4 is 5.69 Å². The van der Waals surface area contributed by atoms with Crippen molar-refractivity contribution in [3.8, 4) is 11.1 Å². The summed E-state index contributed by atoms with van der Waals surface area (Å²) in [6.45, 7) is 9.55. The highest BCUT2D eigenvalue weighted by Crippen LogP contribution is 2.28. The molecule has 0 saturated heterocycles. The van der Waals surface area contributed by atoms with Crippen molar-refractivity contribution in [1.82, 2.24) is 9.78 Å². The maximum atomic E-state index is 5.86. The highest BCUT2D eigenvalue weighted by Gasteiger charge is 2.13. The Hall–Kier alpha value is -1.77. The summed E-state index contributed by atoms with van der Waals surface area (Å²) < 4.78 is 2.10. The lowest BCUT2D eigenvalue weighted by Gasteiger charge is -2.08. The first-order valence-corrected chi connectivity index (χ1v) is 6.39. The fourth-order valence-electron chi connectivity index (χ4n) is 2.33. The fourth-order valence-corrected chi connectivity index (χ4v) is 2.33. The third kappa shape index (κ3) is 2.40. The van der Waals surface area contributed by atoms with E-state index in [1.165, 1.54) is 11.3 Å². The zero-order chi connectivity index (χ0) is 13.3. The van der Waals surface area contributed by atoms with Crippen LogP contribution in [-0.2, 0) is 6.54 Å². The molecular weight excluding hydrogens is 222 g/mol. The van der Waals surface area contributed by atoms with Gasteiger partial charge in [0.1, 0.15) is 0 Å². The van der Waals surface area contributed by atoms with Gasteiger partial charge in [0.25, 0.3) is 0 Å². The van der Waals surface area contributed by atoms with Gasteiger partial charge in [-0.1, -0.05) is 26.0 Å². The molecule has 0 atom stereocenters. The van der Waals surface area contributed by atoms with Gasteiger partial charge in [-0.15, -0.1) is 0 Å². The predicted octanol–water partition coefficient (Wildman–Crippen LogP) is 3.41. The Balaban J connectivity index is 2.48. The molecule has 3 nitrogen and oxygen atoms in total. The van der Waals surface area contributed by atoms with E-state index in [1.54, 1.807) is 0 Å². The molecule has 0 spiro atoms. The second-order valence-electron chi connectivity index (χ2n) is 5.25. The first kappa shape index (κ1) is 12.7. The summed E-state index contributed by atoms with van der Waals surface area (Å²) in [5.41, 5.74) is 11.3. The molecule has 0 aliphatic carbocycles. The molecule has 1 aromatic heterocycles. The Morgan fingerprint density at radius 3 is 2.61 bits per heavy atom. The minimum absolute atomic E-state index is 0.594. The quantitative estimate of drug-likeness (QED) is 0.840. The first-order chi connectivity index (χ1) is 8.49. The minimum Gasteiger partial charge on any atom is -0.399 e. The topological polar surface area (TPSA) is 43.8 Å². The van der Waals surface area contributed by atoms with E-state index in [1.807, 2.05) is 18.2 Å². The van der Waals surface area contributed by atoms with Crippen LogP contribution in [0.1, 0.15) is 25.2 Å². The molecule has 0 saturated carbocycles. The van der Waals surface area contributed by atoms with Gasteiger partial charge < -0.3 is 5.73 Å². The Bertz CT molecular complexity index is 553. The zero-order valence-electron chi connectivity index (χ0n) is 11.6. The van der Waals surface area contributed by atoms with Crippen LogP contribution in [0.3, 0.4) is 0 Å². The Kier molecular flexibility index (Phi) is 3.41. The van der Waals surface area contributed by atoms with Gasteiger partial charge in [0.15, 0.2) is 0 Å². The molecule has 0 radical (unpaired) electrons. The fraction of sp³-hybridized carbons (Fsp3) is 0.400. The molecule has 18 heavy (non-hydrogen) atoms. The van der Waals surface area contributed by atoms with Gasteiger partial charge in [-0.2, -0.15) is 5.10 Å². The molecule has 0 aliphatic rings. The van der Waals surface area contributed by atoms with Gasteiger partial charge in [-0.3, -0.25) is 4.68 Å². The van der Waals surface area contributed by atoms with Gasteiger partial charge in [0.2, 0.25) is 0 Å². The van der Waals surface area contributed by atoms with E-state index >= 15 is 0 Å². The molecule has 96 valence electrons. The van der Waals surface area contributed by atoms with Crippen molar-refractivity contribution < 1.29 is 0 Å². The molecule has 0 fully saturated rings. The number of aryl methyl sites for hydroxylation is 1. The Labute approximate surface area is 109 Å². The van der Waals surface area contributed by atoms with Crippen LogP contribution in [0.5, 0.6) is 0 Å². The molecular formula is C15H21N3. The number of anilines is 1. The SMILES string of the molecule is Cc1nn(CC(C)C)c(C)c1-c1cccc(N)c1. The normalized spacial score (nSPS) is 11.2. The van der Waals surface area contributed by atoms with Crippen molar-refractivity contribution in [3.63, 3.8) is 0 Å². The molecule has 0 bridgehead atoms. The van der Waals surface area contributed by atoms with Crippen molar-refractivity contribution in [2.45, 2.75) is 34.2 Å². The van der Waals surface area contributed by atoms with Crippen molar-refractivity contribution in [2.24, 2.45) is 5.92 Å². The maximum Gasteiger partial charge on any atom is 0.0674 e. The highest BCUT2D eigenvalue weighted by atomic mass is 15.3.